The van der Waals surface area contributed by atoms with Gasteiger partial charge in [0.15, 0.2) is 5.69 Å². The van der Waals surface area contributed by atoms with Gasteiger partial charge in [0.2, 0.25) is 11.8 Å². The molecular weight excluding hydrogens is 494 g/mol. The number of aromatic nitrogens is 2. The Morgan fingerprint density at radius 1 is 1.39 bits per heavy atom. The van der Waals surface area contributed by atoms with Crippen molar-refractivity contribution in [2.24, 2.45) is 5.92 Å². The summed E-state index contributed by atoms with van der Waals surface area (Å²) in [7, 11) is 0. The summed E-state index contributed by atoms with van der Waals surface area (Å²) in [5.41, 5.74) is -0.762. The number of carbonyl (C=O) groups excluding carboxylic acids is 4. The molecule has 0 saturated carbocycles. The van der Waals surface area contributed by atoms with Gasteiger partial charge in [0.05, 0.1) is 6.61 Å². The minimum absolute atomic E-state index is 0.0117. The number of anilines is 1. The van der Waals surface area contributed by atoms with E-state index in [4.69, 9.17) is 15.7 Å². The number of nitrogens with zero attached hydrogens (tertiary/aromatic N) is 2. The highest BCUT2D eigenvalue weighted by Gasteiger charge is 2.29. The van der Waals surface area contributed by atoms with Crippen LogP contribution in [0, 0.1) is 25.2 Å². The van der Waals surface area contributed by atoms with E-state index in [0.29, 0.717) is 18.7 Å². The first-order valence-electron chi connectivity index (χ1n) is 12.1. The fourth-order valence-electron chi connectivity index (χ4n) is 3.97. The molecule has 200 valence electrons. The quantitative estimate of drug-likeness (QED) is 0.224. The van der Waals surface area contributed by atoms with Crippen LogP contribution >= 0.6 is 0 Å². The Morgan fingerprint density at radius 3 is 2.82 bits per heavy atom. The molecule has 0 aliphatic carbocycles. The zero-order valence-electron chi connectivity index (χ0n) is 21.1. The highest BCUT2D eigenvalue weighted by Crippen LogP contribution is 2.19. The first-order chi connectivity index (χ1) is 18.2. The number of hydrogen-bond donors (Lipinski definition) is 3. The van der Waals surface area contributed by atoms with Crippen LogP contribution in [-0.4, -0.2) is 52.6 Å². The van der Waals surface area contributed by atoms with Crippen molar-refractivity contribution in [2.75, 3.05) is 18.5 Å². The van der Waals surface area contributed by atoms with Gasteiger partial charge in [0.25, 0.3) is 11.5 Å². The fraction of sp³-hybridized carbons (Fsp3) is 0.385. The van der Waals surface area contributed by atoms with E-state index in [-0.39, 0.29) is 42.7 Å². The van der Waals surface area contributed by atoms with Crippen LogP contribution in [0.25, 0.3) is 0 Å². The molecule has 3 amide bonds. The molecule has 1 saturated heterocycles. The molecule has 0 aromatic carbocycles. The van der Waals surface area contributed by atoms with E-state index in [0.717, 1.165) is 4.57 Å². The zero-order valence-corrected chi connectivity index (χ0v) is 21.1. The number of amides is 3. The van der Waals surface area contributed by atoms with E-state index in [1.807, 2.05) is 0 Å². The van der Waals surface area contributed by atoms with Crippen molar-refractivity contribution in [1.82, 2.24) is 20.4 Å². The van der Waals surface area contributed by atoms with E-state index in [1.54, 1.807) is 13.8 Å². The molecule has 1 fully saturated rings. The van der Waals surface area contributed by atoms with Gasteiger partial charge in [0.1, 0.15) is 17.5 Å². The van der Waals surface area contributed by atoms with Gasteiger partial charge in [-0.2, -0.15) is 0 Å². The molecule has 3 N–H and O–H groups in total. The summed E-state index contributed by atoms with van der Waals surface area (Å²) in [6, 6.07) is 2.45. The SMILES string of the molecule is C#CCC(C(=O)NC(C=CC(=O)OCC)CC1CCNC1=O)n1cccc(NC(=O)c2cc(C)on2)c1=O. The number of aryl methyl sites for hydroxylation is 1. The maximum atomic E-state index is 13.4. The third-order valence-electron chi connectivity index (χ3n) is 5.81. The topological polar surface area (TPSA) is 162 Å². The van der Waals surface area contributed by atoms with Crippen LogP contribution in [0.2, 0.25) is 0 Å². The molecule has 2 aromatic rings. The van der Waals surface area contributed by atoms with Gasteiger partial charge in [-0.3, -0.25) is 19.2 Å². The van der Waals surface area contributed by atoms with Crippen molar-refractivity contribution < 1.29 is 28.4 Å². The predicted molar refractivity (Wildman–Crippen MR) is 136 cm³/mol. The summed E-state index contributed by atoms with van der Waals surface area (Å²) in [6.07, 6.45) is 10.2. The van der Waals surface area contributed by atoms with Crippen molar-refractivity contribution in [3.8, 4) is 12.3 Å². The Balaban J connectivity index is 1.83. The summed E-state index contributed by atoms with van der Waals surface area (Å²) in [4.78, 5) is 63.0. The lowest BCUT2D eigenvalue weighted by atomic mass is 9.97. The molecule has 3 unspecified atom stereocenters. The van der Waals surface area contributed by atoms with Crippen LogP contribution in [-0.2, 0) is 19.1 Å². The second-order valence-corrected chi connectivity index (χ2v) is 8.57. The minimum Gasteiger partial charge on any atom is -0.463 e. The summed E-state index contributed by atoms with van der Waals surface area (Å²) in [5, 5.41) is 11.6. The molecule has 2 aromatic heterocycles. The number of pyridine rings is 1. The van der Waals surface area contributed by atoms with E-state index < -0.39 is 35.4 Å². The lowest BCUT2D eigenvalue weighted by Gasteiger charge is -2.23. The second-order valence-electron chi connectivity index (χ2n) is 8.57. The smallest absolute Gasteiger partial charge is 0.330 e. The van der Waals surface area contributed by atoms with Gasteiger partial charge in [-0.25, -0.2) is 4.79 Å². The summed E-state index contributed by atoms with van der Waals surface area (Å²) in [6.45, 7) is 3.99. The molecule has 3 rings (SSSR count). The van der Waals surface area contributed by atoms with Gasteiger partial charge >= 0.3 is 5.97 Å². The molecule has 3 atom stereocenters. The molecular formula is C26H29N5O7. The second kappa shape index (κ2) is 13.0. The highest BCUT2D eigenvalue weighted by molar-refractivity contribution is 6.02. The van der Waals surface area contributed by atoms with Gasteiger partial charge in [-0.15, -0.1) is 12.3 Å². The summed E-state index contributed by atoms with van der Waals surface area (Å²) >= 11 is 0. The van der Waals surface area contributed by atoms with Crippen molar-refractivity contribution in [3.63, 3.8) is 0 Å². The Labute approximate surface area is 218 Å². The van der Waals surface area contributed by atoms with Crippen LogP contribution in [0.15, 0.2) is 45.9 Å². The van der Waals surface area contributed by atoms with E-state index in [1.165, 1.54) is 36.5 Å². The average molecular weight is 524 g/mol. The van der Waals surface area contributed by atoms with Crippen LogP contribution in [0.4, 0.5) is 5.69 Å². The van der Waals surface area contributed by atoms with E-state index >= 15 is 0 Å². The van der Waals surface area contributed by atoms with Crippen LogP contribution in [0.3, 0.4) is 0 Å². The maximum Gasteiger partial charge on any atom is 0.330 e. The Hall–Kier alpha value is -4.66. The fourth-order valence-corrected chi connectivity index (χ4v) is 3.97. The van der Waals surface area contributed by atoms with Crippen molar-refractivity contribution in [2.45, 2.75) is 45.2 Å². The van der Waals surface area contributed by atoms with Gasteiger partial charge < -0.3 is 29.8 Å². The number of nitrogens with one attached hydrogen (secondary N) is 3. The largest absolute Gasteiger partial charge is 0.463 e. The van der Waals surface area contributed by atoms with E-state index in [2.05, 4.69) is 27.0 Å². The van der Waals surface area contributed by atoms with E-state index in [9.17, 15) is 24.0 Å². The summed E-state index contributed by atoms with van der Waals surface area (Å²) < 4.78 is 10.9. The molecule has 0 radical (unpaired) electrons. The summed E-state index contributed by atoms with van der Waals surface area (Å²) in [5.74, 6) is 0.466. The molecule has 0 bridgehead atoms. The third kappa shape index (κ3) is 7.19. The molecule has 12 nitrogen and oxygen atoms in total. The zero-order chi connectivity index (χ0) is 27.7. The van der Waals surface area contributed by atoms with Gasteiger partial charge in [-0.1, -0.05) is 11.2 Å². The Morgan fingerprint density at radius 2 is 2.18 bits per heavy atom. The van der Waals surface area contributed by atoms with Crippen LogP contribution in [0.1, 0.15) is 48.5 Å². The highest BCUT2D eigenvalue weighted by atomic mass is 16.5. The van der Waals surface area contributed by atoms with Gasteiger partial charge in [0, 0.05) is 43.3 Å². The monoisotopic (exact) mass is 523 g/mol. The van der Waals surface area contributed by atoms with Gasteiger partial charge in [-0.05, 0) is 38.8 Å². The van der Waals surface area contributed by atoms with Crippen LogP contribution < -0.4 is 21.5 Å². The molecule has 1 aliphatic heterocycles. The maximum absolute atomic E-state index is 13.4. The van der Waals surface area contributed by atoms with Crippen molar-refractivity contribution in [1.29, 1.82) is 0 Å². The first-order valence-corrected chi connectivity index (χ1v) is 12.1. The molecule has 1 aliphatic rings. The van der Waals surface area contributed by atoms with Crippen molar-refractivity contribution >= 4 is 29.4 Å². The molecule has 0 spiro atoms. The number of carbonyl (C=O) groups is 4. The number of rotatable bonds is 11. The Bertz CT molecular complexity index is 1320. The standard InChI is InChI=1S/C26H29N5O7/c1-4-7-21(31-13-6-8-19(26(31)36)29-24(34)20-14-16(3)38-30-20)25(35)28-18(9-10-22(32)37-5-2)15-17-11-12-27-23(17)33/h1,6,8-10,13-14,17-18,21H,5,7,11-12,15H2,2-3H3,(H,27,33)(H,28,35)(H,29,34). The number of hydrogen-bond acceptors (Lipinski definition) is 8. The molecule has 38 heavy (non-hydrogen) atoms. The van der Waals surface area contributed by atoms with Crippen LogP contribution in [0.5, 0.6) is 0 Å². The predicted octanol–water partition coefficient (Wildman–Crippen LogP) is 1.09. The lowest BCUT2D eigenvalue weighted by molar-refractivity contribution is -0.137. The lowest BCUT2D eigenvalue weighted by Crippen LogP contribution is -2.43. The third-order valence-corrected chi connectivity index (χ3v) is 5.81. The van der Waals surface area contributed by atoms with Crippen molar-refractivity contribution in [3.05, 3.63) is 58.4 Å². The first kappa shape index (κ1) is 27.9. The number of ether oxygens (including phenoxy) is 1. The average Bonchev–Trinajstić information content (AvgIpc) is 3.50. The minimum atomic E-state index is -1.13. The Kier molecular flexibility index (Phi) is 9.59. The molecule has 12 heteroatoms. The molecule has 3 heterocycles. The normalized spacial score (nSPS) is 16.3. The number of terminal acetylenes is 1. The number of esters is 1.